The van der Waals surface area contributed by atoms with Crippen molar-refractivity contribution >= 4 is 23.2 Å². The number of thiophene rings is 1. The van der Waals surface area contributed by atoms with Crippen molar-refractivity contribution in [3.05, 3.63) is 21.4 Å². The second-order valence-corrected chi connectivity index (χ2v) is 6.73. The largest absolute Gasteiger partial charge is 0.481 e. The number of amides is 1. The Kier molecular flexibility index (Phi) is 5.39. The summed E-state index contributed by atoms with van der Waals surface area (Å²) in [6.45, 7) is 5.27. The number of carbonyl (C=O) groups is 2. The van der Waals surface area contributed by atoms with Crippen LogP contribution in [-0.4, -0.2) is 35.0 Å². The average Bonchev–Trinajstić information content (AvgIpc) is 2.90. The first-order valence-corrected chi connectivity index (χ1v) is 8.52. The molecule has 1 aromatic rings. The highest BCUT2D eigenvalue weighted by Gasteiger charge is 2.29. The van der Waals surface area contributed by atoms with Crippen molar-refractivity contribution in [2.75, 3.05) is 13.1 Å². The fraction of sp³-hybridized carbons (Fsp3) is 0.625. The minimum Gasteiger partial charge on any atom is -0.481 e. The number of carboxylic acids is 1. The molecule has 1 N–H and O–H groups in total. The Labute approximate surface area is 129 Å². The van der Waals surface area contributed by atoms with Crippen molar-refractivity contribution in [3.63, 3.8) is 0 Å². The standard InChI is InChI=1S/C16H23NO3S/c1-3-6-13-11(4-2)9-14(21-13)15(18)17-8-5-7-12(10-17)16(19)20/h9,12H,3-8,10H2,1-2H3,(H,19,20). The van der Waals surface area contributed by atoms with E-state index in [9.17, 15) is 9.59 Å². The van der Waals surface area contributed by atoms with Gasteiger partial charge in [0.2, 0.25) is 0 Å². The molecule has 0 bridgehead atoms. The molecular weight excluding hydrogens is 286 g/mol. The van der Waals surface area contributed by atoms with E-state index in [0.29, 0.717) is 19.5 Å². The van der Waals surface area contributed by atoms with Gasteiger partial charge in [-0.1, -0.05) is 20.3 Å². The highest BCUT2D eigenvalue weighted by Crippen LogP contribution is 2.27. The van der Waals surface area contributed by atoms with Gasteiger partial charge in [0.25, 0.3) is 5.91 Å². The maximum Gasteiger partial charge on any atom is 0.308 e. The summed E-state index contributed by atoms with van der Waals surface area (Å²) in [5.74, 6) is -1.20. The van der Waals surface area contributed by atoms with Crippen LogP contribution in [0.2, 0.25) is 0 Å². The summed E-state index contributed by atoms with van der Waals surface area (Å²) in [6, 6.07) is 2.00. The second kappa shape index (κ2) is 7.07. The fourth-order valence-electron chi connectivity index (χ4n) is 2.83. The first kappa shape index (κ1) is 16.0. The summed E-state index contributed by atoms with van der Waals surface area (Å²) in [7, 11) is 0. The fourth-order valence-corrected chi connectivity index (χ4v) is 4.15. The zero-order valence-corrected chi connectivity index (χ0v) is 13.5. The molecule has 0 aliphatic carbocycles. The van der Waals surface area contributed by atoms with Gasteiger partial charge < -0.3 is 10.0 Å². The average molecular weight is 309 g/mol. The van der Waals surface area contributed by atoms with Gasteiger partial charge in [-0.05, 0) is 37.3 Å². The Morgan fingerprint density at radius 1 is 1.43 bits per heavy atom. The second-order valence-electron chi connectivity index (χ2n) is 5.59. The van der Waals surface area contributed by atoms with Crippen LogP contribution >= 0.6 is 11.3 Å². The van der Waals surface area contributed by atoms with Crippen LogP contribution in [0.5, 0.6) is 0 Å². The monoisotopic (exact) mass is 309 g/mol. The van der Waals surface area contributed by atoms with E-state index in [1.54, 1.807) is 16.2 Å². The van der Waals surface area contributed by atoms with E-state index in [2.05, 4.69) is 13.8 Å². The third kappa shape index (κ3) is 3.64. The highest BCUT2D eigenvalue weighted by molar-refractivity contribution is 7.14. The van der Waals surface area contributed by atoms with Crippen molar-refractivity contribution in [3.8, 4) is 0 Å². The maximum atomic E-state index is 12.6. The molecule has 1 unspecified atom stereocenters. The van der Waals surface area contributed by atoms with Gasteiger partial charge in [-0.2, -0.15) is 0 Å². The molecule has 2 rings (SSSR count). The highest BCUT2D eigenvalue weighted by atomic mass is 32.1. The van der Waals surface area contributed by atoms with Gasteiger partial charge >= 0.3 is 5.97 Å². The summed E-state index contributed by atoms with van der Waals surface area (Å²) in [4.78, 5) is 27.5. The van der Waals surface area contributed by atoms with Gasteiger partial charge in [-0.25, -0.2) is 0 Å². The number of carboxylic acid groups (broad SMARTS) is 1. The Balaban J connectivity index is 2.13. The Morgan fingerprint density at radius 2 is 2.19 bits per heavy atom. The summed E-state index contributed by atoms with van der Waals surface area (Å²) >= 11 is 1.58. The number of carbonyl (C=O) groups excluding carboxylic acids is 1. The molecule has 4 nitrogen and oxygen atoms in total. The number of piperidine rings is 1. The summed E-state index contributed by atoms with van der Waals surface area (Å²) in [5, 5.41) is 9.13. The van der Waals surface area contributed by atoms with Crippen LogP contribution in [0.15, 0.2) is 6.07 Å². The van der Waals surface area contributed by atoms with Gasteiger partial charge in [0.05, 0.1) is 10.8 Å². The summed E-state index contributed by atoms with van der Waals surface area (Å²) in [5.41, 5.74) is 1.26. The van der Waals surface area contributed by atoms with Crippen molar-refractivity contribution < 1.29 is 14.7 Å². The van der Waals surface area contributed by atoms with Gasteiger partial charge in [0, 0.05) is 18.0 Å². The van der Waals surface area contributed by atoms with E-state index >= 15 is 0 Å². The lowest BCUT2D eigenvalue weighted by atomic mass is 9.98. The predicted octanol–water partition coefficient (Wildman–Crippen LogP) is 3.20. The van der Waals surface area contributed by atoms with Crippen LogP contribution in [0, 0.1) is 5.92 Å². The van der Waals surface area contributed by atoms with E-state index in [1.165, 1.54) is 10.4 Å². The van der Waals surface area contributed by atoms with E-state index in [4.69, 9.17) is 5.11 Å². The first-order chi connectivity index (χ1) is 10.1. The zero-order chi connectivity index (χ0) is 15.4. The number of hydrogen-bond acceptors (Lipinski definition) is 3. The molecule has 0 saturated carbocycles. The minimum atomic E-state index is -0.792. The van der Waals surface area contributed by atoms with Crippen molar-refractivity contribution in [2.24, 2.45) is 5.92 Å². The van der Waals surface area contributed by atoms with E-state index in [0.717, 1.165) is 30.6 Å². The van der Waals surface area contributed by atoms with Gasteiger partial charge in [0.15, 0.2) is 0 Å². The quantitative estimate of drug-likeness (QED) is 0.908. The third-order valence-corrected chi connectivity index (χ3v) is 5.25. The molecule has 21 heavy (non-hydrogen) atoms. The first-order valence-electron chi connectivity index (χ1n) is 7.70. The van der Waals surface area contributed by atoms with Crippen molar-refractivity contribution in [2.45, 2.75) is 46.0 Å². The van der Waals surface area contributed by atoms with Gasteiger partial charge in [-0.15, -0.1) is 11.3 Å². The summed E-state index contributed by atoms with van der Waals surface area (Å²) in [6.07, 6.45) is 4.48. The van der Waals surface area contributed by atoms with Crippen molar-refractivity contribution in [1.82, 2.24) is 4.90 Å². The minimum absolute atomic E-state index is 0.00278. The Bertz CT molecular complexity index is 524. The molecule has 116 valence electrons. The van der Waals surface area contributed by atoms with Crippen LogP contribution in [0.3, 0.4) is 0 Å². The molecule has 1 atom stereocenters. The maximum absolute atomic E-state index is 12.6. The molecule has 0 aromatic carbocycles. The van der Waals surface area contributed by atoms with Crippen LogP contribution in [0.1, 0.15) is 53.2 Å². The van der Waals surface area contributed by atoms with E-state index in [-0.39, 0.29) is 5.91 Å². The number of hydrogen-bond donors (Lipinski definition) is 1. The molecule has 1 aliphatic rings. The number of rotatable bonds is 5. The topological polar surface area (TPSA) is 57.6 Å². The molecule has 1 fully saturated rings. The SMILES string of the molecule is CCCc1sc(C(=O)N2CCCC(C(=O)O)C2)cc1CC. The molecule has 1 aliphatic heterocycles. The van der Waals surface area contributed by atoms with Crippen LogP contribution in [0.4, 0.5) is 0 Å². The predicted molar refractivity (Wildman–Crippen MR) is 84.0 cm³/mol. The third-order valence-electron chi connectivity index (χ3n) is 4.02. The Morgan fingerprint density at radius 3 is 2.81 bits per heavy atom. The molecular formula is C16H23NO3S. The molecule has 1 aromatic heterocycles. The normalized spacial score (nSPS) is 18.8. The van der Waals surface area contributed by atoms with E-state index < -0.39 is 11.9 Å². The molecule has 2 heterocycles. The lowest BCUT2D eigenvalue weighted by Gasteiger charge is -2.30. The van der Waals surface area contributed by atoms with Crippen molar-refractivity contribution in [1.29, 1.82) is 0 Å². The van der Waals surface area contributed by atoms with Crippen LogP contribution in [0.25, 0.3) is 0 Å². The Hall–Kier alpha value is -1.36. The molecule has 0 radical (unpaired) electrons. The van der Waals surface area contributed by atoms with Crippen LogP contribution in [-0.2, 0) is 17.6 Å². The molecule has 1 saturated heterocycles. The number of likely N-dealkylation sites (tertiary alicyclic amines) is 1. The van der Waals surface area contributed by atoms with Gasteiger partial charge in [-0.3, -0.25) is 9.59 Å². The number of aryl methyl sites for hydroxylation is 2. The lowest BCUT2D eigenvalue weighted by molar-refractivity contribution is -0.143. The van der Waals surface area contributed by atoms with E-state index in [1.807, 2.05) is 6.07 Å². The zero-order valence-electron chi connectivity index (χ0n) is 12.7. The number of nitrogens with zero attached hydrogens (tertiary/aromatic N) is 1. The van der Waals surface area contributed by atoms with Crippen LogP contribution < -0.4 is 0 Å². The molecule has 1 amide bonds. The molecule has 0 spiro atoms. The lowest BCUT2D eigenvalue weighted by Crippen LogP contribution is -2.42. The summed E-state index contributed by atoms with van der Waals surface area (Å²) < 4.78 is 0. The van der Waals surface area contributed by atoms with Gasteiger partial charge in [0.1, 0.15) is 0 Å². The number of aliphatic carboxylic acids is 1. The smallest absolute Gasteiger partial charge is 0.308 e. The molecule has 5 heteroatoms.